The molecule has 0 saturated heterocycles. The third-order valence-electron chi connectivity index (χ3n) is 5.91. The fourth-order valence-corrected chi connectivity index (χ4v) is 4.94. The molecule has 0 heterocycles. The number of rotatable bonds is 3. The Labute approximate surface area is 220 Å². The number of hydrogen-bond acceptors (Lipinski definition) is 0. The topological polar surface area (TPSA) is 0 Å². The molecule has 0 aromatic heterocycles. The van der Waals surface area contributed by atoms with Gasteiger partial charge in [0, 0.05) is 5.41 Å². The third-order valence-corrected chi connectivity index (χ3v) is 5.91. The molecule has 4 heteroatoms. The van der Waals surface area contributed by atoms with Gasteiger partial charge in [0.1, 0.15) is 0 Å². The van der Waals surface area contributed by atoms with E-state index >= 15 is 0 Å². The van der Waals surface area contributed by atoms with Crippen LogP contribution in [0.5, 0.6) is 0 Å². The molecule has 0 N–H and O–H groups in total. The Hall–Kier alpha value is -1.15. The van der Waals surface area contributed by atoms with E-state index in [4.69, 9.17) is 0 Å². The molecule has 0 unspecified atom stereocenters. The van der Waals surface area contributed by atoms with Gasteiger partial charge in [0.15, 0.2) is 0 Å². The van der Waals surface area contributed by atoms with E-state index in [0.717, 1.165) is 0 Å². The van der Waals surface area contributed by atoms with Crippen molar-refractivity contribution in [1.82, 2.24) is 0 Å². The van der Waals surface area contributed by atoms with Crippen molar-refractivity contribution in [3.05, 3.63) is 113 Å². The Morgan fingerprint density at radius 3 is 1.48 bits per heavy atom. The van der Waals surface area contributed by atoms with Crippen molar-refractivity contribution in [2.24, 2.45) is 5.41 Å². The normalized spacial score (nSPS) is 10.8. The molecule has 0 aliphatic rings. The van der Waals surface area contributed by atoms with Crippen LogP contribution in [0.2, 0.25) is 0 Å². The molecule has 0 aliphatic carbocycles. The van der Waals surface area contributed by atoms with E-state index in [1.54, 1.807) is 0 Å². The van der Waals surface area contributed by atoms with Crippen LogP contribution in [-0.2, 0) is 27.1 Å². The first-order valence-electron chi connectivity index (χ1n) is 9.73. The van der Waals surface area contributed by atoms with Gasteiger partial charge in [-0.25, -0.2) is 0 Å². The summed E-state index contributed by atoms with van der Waals surface area (Å²) in [6, 6.07) is 33.2. The molecule has 0 nitrogen and oxygen atoms in total. The van der Waals surface area contributed by atoms with Crippen molar-refractivity contribution in [3.8, 4) is 0 Å². The Kier molecular flexibility index (Phi) is 11.2. The third kappa shape index (κ3) is 4.95. The Balaban J connectivity index is 0.00000225. The molecule has 0 amide bonds. The minimum absolute atomic E-state index is 0. The van der Waals surface area contributed by atoms with Crippen molar-refractivity contribution >= 4 is 10.8 Å². The van der Waals surface area contributed by atoms with Crippen LogP contribution in [0, 0.1) is 12.3 Å². The van der Waals surface area contributed by atoms with E-state index in [2.05, 4.69) is 119 Å². The van der Waals surface area contributed by atoms with Crippen molar-refractivity contribution < 1.29 is 58.9 Å². The quantitative estimate of drug-likeness (QED) is 0.229. The molecule has 4 aromatic rings. The second-order valence-corrected chi connectivity index (χ2v) is 8.52. The van der Waals surface area contributed by atoms with E-state index in [0.29, 0.717) is 0 Å². The van der Waals surface area contributed by atoms with Crippen LogP contribution in [0.15, 0.2) is 91.0 Å². The predicted octanol–water partition coefficient (Wildman–Crippen LogP) is -1.74. The molecule has 0 spiro atoms. The molecule has 0 fully saturated rings. The molecule has 0 radical (unpaired) electrons. The molecule has 4 aromatic carbocycles. The Morgan fingerprint density at radius 2 is 1.03 bits per heavy atom. The zero-order chi connectivity index (χ0) is 19.1. The number of benzene rings is 3. The number of halogens is 3. The Morgan fingerprint density at radius 1 is 0.613 bits per heavy atom. The second-order valence-electron chi connectivity index (χ2n) is 8.52. The smallest absolute Gasteiger partial charge is 1.00 e. The van der Waals surface area contributed by atoms with Crippen LogP contribution in [0.1, 0.15) is 43.0 Å². The van der Waals surface area contributed by atoms with Crippen molar-refractivity contribution in [3.63, 3.8) is 0 Å². The zero-order valence-corrected chi connectivity index (χ0v) is 22.1. The van der Waals surface area contributed by atoms with Gasteiger partial charge in [0.25, 0.3) is 0 Å². The van der Waals surface area contributed by atoms with Gasteiger partial charge in [-0.2, -0.15) is 6.07 Å². The van der Waals surface area contributed by atoms with Crippen LogP contribution >= 0.6 is 0 Å². The van der Waals surface area contributed by atoms with Crippen molar-refractivity contribution in [2.75, 3.05) is 0 Å². The summed E-state index contributed by atoms with van der Waals surface area (Å²) in [6.07, 6.45) is 0. The molecule has 0 atom stereocenters. The van der Waals surface area contributed by atoms with Crippen LogP contribution in [-0.4, -0.2) is 0 Å². The maximum atomic E-state index is 2.37. The second kappa shape index (κ2) is 11.6. The van der Waals surface area contributed by atoms with E-state index in [-0.39, 0.29) is 69.8 Å². The number of hydrogen-bond donors (Lipinski definition) is 0. The van der Waals surface area contributed by atoms with Gasteiger partial charge in [0.2, 0.25) is 0 Å². The summed E-state index contributed by atoms with van der Waals surface area (Å²) in [6.45, 7) is 9.37. The van der Waals surface area contributed by atoms with Crippen molar-refractivity contribution in [1.29, 1.82) is 0 Å². The van der Waals surface area contributed by atoms with Gasteiger partial charge in [-0.15, -0.1) is 40.1 Å². The first-order chi connectivity index (χ1) is 13.0. The molecule has 31 heavy (non-hydrogen) atoms. The van der Waals surface area contributed by atoms with Crippen LogP contribution < -0.4 is 37.2 Å². The molecule has 160 valence electrons. The summed E-state index contributed by atoms with van der Waals surface area (Å²) >= 11 is 0. The Bertz CT molecular complexity index is 1020. The molecule has 0 bridgehead atoms. The average molecular weight is 506 g/mol. The molecule has 0 saturated carbocycles. The van der Waals surface area contributed by atoms with Gasteiger partial charge >= 0.3 is 21.7 Å². The fourth-order valence-electron chi connectivity index (χ4n) is 4.94. The molecule has 4 rings (SSSR count). The summed E-state index contributed by atoms with van der Waals surface area (Å²) < 4.78 is 0. The number of fused-ring (bicyclic) bond motifs is 1. The minimum Gasteiger partial charge on any atom is -1.00 e. The summed E-state index contributed by atoms with van der Waals surface area (Å²) in [5.41, 5.74) is 5.24. The maximum absolute atomic E-state index is 2.37. The van der Waals surface area contributed by atoms with Crippen LogP contribution in [0.25, 0.3) is 10.8 Å². The maximum Gasteiger partial charge on any atom is 4.00 e. The van der Waals surface area contributed by atoms with Crippen LogP contribution in [0.3, 0.4) is 0 Å². The summed E-state index contributed by atoms with van der Waals surface area (Å²) in [5, 5.41) is 2.68. The first kappa shape index (κ1) is 29.9. The molecular weight excluding hydrogens is 479 g/mol. The average Bonchev–Trinajstić information content (AvgIpc) is 3.00. The van der Waals surface area contributed by atoms with Gasteiger partial charge in [0.05, 0.1) is 0 Å². The molecular formula is C27H27Cl3Ti. The van der Waals surface area contributed by atoms with E-state index in [1.807, 2.05) is 0 Å². The monoisotopic (exact) mass is 504 g/mol. The predicted molar refractivity (Wildman–Crippen MR) is 116 cm³/mol. The van der Waals surface area contributed by atoms with E-state index < -0.39 is 0 Å². The number of aryl methyl sites for hydroxylation is 1. The SMILES string of the molecule is Cc1cc2ccccc2[c-]1C(c1ccccc1)(c1ccccc1)C(C)(C)C.[Cl-].[Cl-].[Cl-].[Ti+4]. The largest absolute Gasteiger partial charge is 4.00 e. The summed E-state index contributed by atoms with van der Waals surface area (Å²) in [4.78, 5) is 0. The van der Waals surface area contributed by atoms with E-state index in [9.17, 15) is 0 Å². The zero-order valence-electron chi connectivity index (χ0n) is 18.3. The minimum atomic E-state index is -0.233. The van der Waals surface area contributed by atoms with Gasteiger partial charge in [-0.05, 0) is 16.5 Å². The summed E-state index contributed by atoms with van der Waals surface area (Å²) in [5.74, 6) is 0. The van der Waals surface area contributed by atoms with Crippen LogP contribution in [0.4, 0.5) is 0 Å². The van der Waals surface area contributed by atoms with Gasteiger partial charge in [-0.3, -0.25) is 0 Å². The first-order valence-corrected chi connectivity index (χ1v) is 9.73. The summed E-state index contributed by atoms with van der Waals surface area (Å²) in [7, 11) is 0. The molecule has 0 aliphatic heterocycles. The van der Waals surface area contributed by atoms with Gasteiger partial charge in [-0.1, -0.05) is 94.4 Å². The van der Waals surface area contributed by atoms with Crippen molar-refractivity contribution in [2.45, 2.75) is 33.1 Å². The fraction of sp³-hybridized carbons (Fsp3) is 0.222. The standard InChI is InChI=1S/C27H27.3ClH.Ti/c1-20-19-21-13-11-12-18-24(21)25(20)27(26(2,3)4,22-14-7-5-8-15-22)23-16-9-6-10-17-23;;;;/h5-19H,1-4H3;3*1H;/q-1;;;;+4/p-3. The van der Waals surface area contributed by atoms with Gasteiger partial charge < -0.3 is 37.2 Å². The van der Waals surface area contributed by atoms with E-state index in [1.165, 1.54) is 33.0 Å².